The van der Waals surface area contributed by atoms with Gasteiger partial charge in [-0.2, -0.15) is 11.8 Å². The van der Waals surface area contributed by atoms with Crippen molar-refractivity contribution in [1.29, 1.82) is 0 Å². The first-order valence-electron chi connectivity index (χ1n) is 6.15. The fourth-order valence-electron chi connectivity index (χ4n) is 1.90. The predicted octanol–water partition coefficient (Wildman–Crippen LogP) is 1.49. The molecular weight excluding hydrogens is 248 g/mol. The van der Waals surface area contributed by atoms with Crippen molar-refractivity contribution in [3.63, 3.8) is 0 Å². The molecule has 6 heteroatoms. The number of thioether (sulfide) groups is 1. The predicted molar refractivity (Wildman–Crippen MR) is 74.0 cm³/mol. The molecule has 98 valence electrons. The highest BCUT2D eigenvalue weighted by Crippen LogP contribution is 2.22. The van der Waals surface area contributed by atoms with Gasteiger partial charge in [-0.3, -0.25) is 4.79 Å². The molecule has 1 saturated heterocycles. The number of hydrogen-bond acceptors (Lipinski definition) is 5. The zero-order valence-electron chi connectivity index (χ0n) is 10.7. The van der Waals surface area contributed by atoms with Crippen LogP contribution in [0.5, 0.6) is 0 Å². The van der Waals surface area contributed by atoms with Gasteiger partial charge in [-0.25, -0.2) is 0 Å². The smallest absolute Gasteiger partial charge is 0.274 e. The van der Waals surface area contributed by atoms with Gasteiger partial charge in [0.25, 0.3) is 5.91 Å². The lowest BCUT2D eigenvalue weighted by Crippen LogP contribution is -2.37. The molecule has 0 aliphatic carbocycles. The molecule has 1 amide bonds. The van der Waals surface area contributed by atoms with Crippen molar-refractivity contribution in [2.45, 2.75) is 19.4 Å². The van der Waals surface area contributed by atoms with Crippen LogP contribution in [0.4, 0.5) is 5.82 Å². The Labute approximate surface area is 111 Å². The molecule has 1 N–H and O–H groups in total. The Morgan fingerprint density at radius 2 is 2.39 bits per heavy atom. The second-order valence-corrected chi connectivity index (χ2v) is 5.42. The molecule has 2 rings (SSSR count). The van der Waals surface area contributed by atoms with E-state index in [9.17, 15) is 4.79 Å². The Hall–Kier alpha value is -1.30. The zero-order chi connectivity index (χ0) is 13.0. The molecule has 0 aromatic carbocycles. The molecule has 0 bridgehead atoms. The van der Waals surface area contributed by atoms with Crippen LogP contribution in [0.25, 0.3) is 0 Å². The van der Waals surface area contributed by atoms with Gasteiger partial charge in [0.05, 0.1) is 0 Å². The monoisotopic (exact) mass is 266 g/mol. The van der Waals surface area contributed by atoms with E-state index in [1.807, 2.05) is 25.7 Å². The van der Waals surface area contributed by atoms with Gasteiger partial charge >= 0.3 is 0 Å². The third-order valence-electron chi connectivity index (χ3n) is 3.02. The van der Waals surface area contributed by atoms with Crippen LogP contribution in [0.3, 0.4) is 0 Å². The maximum Gasteiger partial charge on any atom is 0.274 e. The number of hydrogen-bond donors (Lipinski definition) is 1. The molecule has 1 fully saturated rings. The molecule has 2 heterocycles. The summed E-state index contributed by atoms with van der Waals surface area (Å²) in [6.45, 7) is 2.79. The van der Waals surface area contributed by atoms with E-state index in [4.69, 9.17) is 0 Å². The summed E-state index contributed by atoms with van der Waals surface area (Å²) in [5.41, 5.74) is 0.413. The molecule has 18 heavy (non-hydrogen) atoms. The van der Waals surface area contributed by atoms with E-state index in [0.29, 0.717) is 17.6 Å². The van der Waals surface area contributed by atoms with E-state index < -0.39 is 0 Å². The molecule has 0 radical (unpaired) electrons. The maximum absolute atomic E-state index is 12.2. The van der Waals surface area contributed by atoms with Crippen LogP contribution >= 0.6 is 11.8 Å². The van der Waals surface area contributed by atoms with E-state index in [1.54, 1.807) is 17.0 Å². The first-order chi connectivity index (χ1) is 8.72. The lowest BCUT2D eigenvalue weighted by atomic mass is 10.2. The molecule has 0 spiro atoms. The second-order valence-electron chi connectivity index (χ2n) is 4.27. The Morgan fingerprint density at radius 3 is 2.94 bits per heavy atom. The number of nitrogens with zero attached hydrogens (tertiary/aromatic N) is 3. The van der Waals surface area contributed by atoms with Gasteiger partial charge in [0.1, 0.15) is 5.82 Å². The van der Waals surface area contributed by atoms with Gasteiger partial charge in [-0.1, -0.05) is 0 Å². The van der Waals surface area contributed by atoms with Crippen LogP contribution in [0.15, 0.2) is 12.1 Å². The number of carbonyl (C=O) groups is 1. The van der Waals surface area contributed by atoms with Crippen molar-refractivity contribution in [3.8, 4) is 0 Å². The molecule has 0 saturated carbocycles. The highest BCUT2D eigenvalue weighted by atomic mass is 32.2. The lowest BCUT2D eigenvalue weighted by molar-refractivity contribution is 0.0741. The van der Waals surface area contributed by atoms with Gasteiger partial charge in [0.15, 0.2) is 5.69 Å². The Kier molecular flexibility index (Phi) is 4.41. The molecular formula is C12H18N4OS. The first-order valence-corrected chi connectivity index (χ1v) is 7.30. The maximum atomic E-state index is 12.2. The van der Waals surface area contributed by atoms with E-state index >= 15 is 0 Å². The second kappa shape index (κ2) is 6.04. The number of nitrogens with one attached hydrogen (secondary N) is 1. The minimum atomic E-state index is -0.0435. The minimum absolute atomic E-state index is 0.0435. The Bertz CT molecular complexity index is 403. The standard InChI is InChI=1S/C12H18N4OS/c1-3-13-11-5-4-10(14-15-11)12(17)16(2)9-6-7-18-8-9/h4-5,9H,3,6-8H2,1-2H3,(H,13,15). The molecule has 1 aromatic rings. The van der Waals surface area contributed by atoms with E-state index in [2.05, 4.69) is 15.5 Å². The van der Waals surface area contributed by atoms with Crippen LogP contribution in [0, 0.1) is 0 Å². The summed E-state index contributed by atoms with van der Waals surface area (Å²) in [6.07, 6.45) is 1.07. The fourth-order valence-corrected chi connectivity index (χ4v) is 3.16. The summed E-state index contributed by atoms with van der Waals surface area (Å²) < 4.78 is 0. The topological polar surface area (TPSA) is 58.1 Å². The van der Waals surface area contributed by atoms with Crippen molar-refractivity contribution in [3.05, 3.63) is 17.8 Å². The number of rotatable bonds is 4. The van der Waals surface area contributed by atoms with Gasteiger partial charge in [-0.05, 0) is 31.2 Å². The largest absolute Gasteiger partial charge is 0.369 e. The minimum Gasteiger partial charge on any atom is -0.369 e. The normalized spacial score (nSPS) is 18.7. The summed E-state index contributed by atoms with van der Waals surface area (Å²) in [5, 5.41) is 11.0. The van der Waals surface area contributed by atoms with Crippen molar-refractivity contribution >= 4 is 23.5 Å². The molecule has 1 atom stereocenters. The Balaban J connectivity index is 2.03. The fraction of sp³-hybridized carbons (Fsp3) is 0.583. The molecule has 1 aromatic heterocycles. The summed E-state index contributed by atoms with van der Waals surface area (Å²) >= 11 is 1.89. The van der Waals surface area contributed by atoms with Crippen molar-refractivity contribution in [1.82, 2.24) is 15.1 Å². The highest BCUT2D eigenvalue weighted by molar-refractivity contribution is 7.99. The number of amides is 1. The SMILES string of the molecule is CCNc1ccc(C(=O)N(C)C2CCSC2)nn1. The third kappa shape index (κ3) is 2.93. The van der Waals surface area contributed by atoms with Gasteiger partial charge in [0, 0.05) is 25.4 Å². The highest BCUT2D eigenvalue weighted by Gasteiger charge is 2.25. The lowest BCUT2D eigenvalue weighted by Gasteiger charge is -2.23. The Morgan fingerprint density at radius 1 is 1.56 bits per heavy atom. The van der Waals surface area contributed by atoms with E-state index in [-0.39, 0.29) is 5.91 Å². The number of anilines is 1. The molecule has 1 unspecified atom stereocenters. The van der Waals surface area contributed by atoms with Crippen LogP contribution in [-0.2, 0) is 0 Å². The molecule has 5 nitrogen and oxygen atoms in total. The zero-order valence-corrected chi connectivity index (χ0v) is 11.5. The van der Waals surface area contributed by atoms with Crippen molar-refractivity contribution in [2.75, 3.05) is 30.4 Å². The number of carbonyl (C=O) groups excluding carboxylic acids is 1. The van der Waals surface area contributed by atoms with Crippen LogP contribution in [0.1, 0.15) is 23.8 Å². The van der Waals surface area contributed by atoms with Gasteiger partial charge in [0.2, 0.25) is 0 Å². The summed E-state index contributed by atoms with van der Waals surface area (Å²) in [4.78, 5) is 14.0. The van der Waals surface area contributed by atoms with E-state index in [0.717, 1.165) is 24.5 Å². The number of aromatic nitrogens is 2. The van der Waals surface area contributed by atoms with Gasteiger partial charge < -0.3 is 10.2 Å². The molecule has 1 aliphatic rings. The van der Waals surface area contributed by atoms with Crippen LogP contribution in [-0.4, -0.2) is 52.1 Å². The summed E-state index contributed by atoms with van der Waals surface area (Å²) in [6, 6.07) is 3.85. The average Bonchev–Trinajstić information content (AvgIpc) is 2.92. The van der Waals surface area contributed by atoms with Gasteiger partial charge in [-0.15, -0.1) is 10.2 Å². The summed E-state index contributed by atoms with van der Waals surface area (Å²) in [7, 11) is 1.85. The van der Waals surface area contributed by atoms with E-state index in [1.165, 1.54) is 0 Å². The third-order valence-corrected chi connectivity index (χ3v) is 4.16. The quantitative estimate of drug-likeness (QED) is 0.894. The van der Waals surface area contributed by atoms with Crippen molar-refractivity contribution in [2.24, 2.45) is 0 Å². The summed E-state index contributed by atoms with van der Waals surface area (Å²) in [5.74, 6) is 2.81. The average molecular weight is 266 g/mol. The molecule has 1 aliphatic heterocycles. The van der Waals surface area contributed by atoms with Crippen LogP contribution < -0.4 is 5.32 Å². The first kappa shape index (κ1) is 13.1. The van der Waals surface area contributed by atoms with Crippen molar-refractivity contribution < 1.29 is 4.79 Å². The van der Waals surface area contributed by atoms with Crippen LogP contribution in [0.2, 0.25) is 0 Å².